The maximum Gasteiger partial charge on any atom is 0.216 e. The third-order valence-electron chi connectivity index (χ3n) is 2.22. The van der Waals surface area contributed by atoms with Crippen molar-refractivity contribution in [2.24, 2.45) is 10.6 Å². The molecule has 1 aromatic rings. The van der Waals surface area contributed by atoms with Gasteiger partial charge in [0.1, 0.15) is 5.25 Å². The molecule has 1 rings (SSSR count). The van der Waals surface area contributed by atoms with Gasteiger partial charge in [0, 0.05) is 0 Å². The van der Waals surface area contributed by atoms with Crippen molar-refractivity contribution >= 4 is 10.0 Å². The van der Waals surface area contributed by atoms with Gasteiger partial charge in [-0.3, -0.25) is 0 Å². The highest BCUT2D eigenvalue weighted by Gasteiger charge is 2.35. The number of sulfonamides is 1. The van der Waals surface area contributed by atoms with Crippen molar-refractivity contribution < 1.29 is 8.42 Å². The molecule has 15 heavy (non-hydrogen) atoms. The van der Waals surface area contributed by atoms with Crippen molar-refractivity contribution in [1.29, 1.82) is 0 Å². The lowest BCUT2D eigenvalue weighted by Crippen LogP contribution is -2.31. The van der Waals surface area contributed by atoms with Crippen molar-refractivity contribution in [2.45, 2.75) is 26.0 Å². The highest BCUT2D eigenvalue weighted by atomic mass is 32.2. The first-order chi connectivity index (χ1) is 6.73. The third kappa shape index (κ3) is 3.04. The van der Waals surface area contributed by atoms with Gasteiger partial charge in [-0.15, -0.1) is 0 Å². The van der Waals surface area contributed by atoms with Crippen LogP contribution in [-0.4, -0.2) is 8.42 Å². The summed E-state index contributed by atoms with van der Waals surface area (Å²) in [6.07, 6.45) is 0. The van der Waals surface area contributed by atoms with Crippen LogP contribution in [0.2, 0.25) is 0 Å². The standard InChI is InChI=1S/C11H17NO2S/c1-11(2,3)10(15(12,13)14)9-7-5-4-6-8-9/h4-8,10H,1-3H3,(H2,12,13,14). The van der Waals surface area contributed by atoms with Gasteiger partial charge < -0.3 is 0 Å². The molecule has 84 valence electrons. The predicted octanol–water partition coefficient (Wildman–Crippen LogP) is 2.06. The Labute approximate surface area is 91.4 Å². The molecule has 3 nitrogen and oxygen atoms in total. The van der Waals surface area contributed by atoms with Gasteiger partial charge in [-0.25, -0.2) is 13.6 Å². The van der Waals surface area contributed by atoms with E-state index in [2.05, 4.69) is 0 Å². The molecule has 0 saturated heterocycles. The summed E-state index contributed by atoms with van der Waals surface area (Å²) in [6, 6.07) is 9.07. The van der Waals surface area contributed by atoms with E-state index in [0.29, 0.717) is 0 Å². The minimum Gasteiger partial charge on any atom is -0.228 e. The maximum atomic E-state index is 11.6. The fourth-order valence-corrected chi connectivity index (χ4v) is 3.33. The molecule has 0 aromatic heterocycles. The monoisotopic (exact) mass is 227 g/mol. The van der Waals surface area contributed by atoms with Crippen LogP contribution >= 0.6 is 0 Å². The van der Waals surface area contributed by atoms with E-state index in [1.54, 1.807) is 12.1 Å². The Bertz CT molecular complexity index is 418. The Morgan fingerprint density at radius 2 is 1.60 bits per heavy atom. The quantitative estimate of drug-likeness (QED) is 0.840. The fourth-order valence-electron chi connectivity index (χ4n) is 1.81. The lowest BCUT2D eigenvalue weighted by atomic mass is 9.87. The van der Waals surface area contributed by atoms with Crippen LogP contribution in [0.5, 0.6) is 0 Å². The van der Waals surface area contributed by atoms with E-state index in [1.165, 1.54) is 0 Å². The number of nitrogens with two attached hydrogens (primary N) is 1. The van der Waals surface area contributed by atoms with Crippen LogP contribution in [0.1, 0.15) is 31.6 Å². The van der Waals surface area contributed by atoms with Gasteiger partial charge in [0.25, 0.3) is 0 Å². The summed E-state index contributed by atoms with van der Waals surface area (Å²) in [5, 5.41) is 4.61. The average molecular weight is 227 g/mol. The molecular formula is C11H17NO2S. The van der Waals surface area contributed by atoms with E-state index >= 15 is 0 Å². The summed E-state index contributed by atoms with van der Waals surface area (Å²) < 4.78 is 23.1. The van der Waals surface area contributed by atoms with Gasteiger partial charge >= 0.3 is 0 Å². The average Bonchev–Trinajstić information content (AvgIpc) is 2.00. The second-order valence-electron chi connectivity index (χ2n) is 4.75. The Kier molecular flexibility index (Phi) is 3.21. The van der Waals surface area contributed by atoms with Crippen molar-refractivity contribution in [3.63, 3.8) is 0 Å². The van der Waals surface area contributed by atoms with Crippen molar-refractivity contribution in [3.05, 3.63) is 35.9 Å². The number of hydrogen-bond donors (Lipinski definition) is 1. The number of primary sulfonamides is 1. The van der Waals surface area contributed by atoms with Gasteiger partial charge in [-0.05, 0) is 11.0 Å². The van der Waals surface area contributed by atoms with E-state index in [4.69, 9.17) is 5.14 Å². The molecule has 0 radical (unpaired) electrons. The Morgan fingerprint density at radius 3 is 1.93 bits per heavy atom. The Hall–Kier alpha value is -0.870. The highest BCUT2D eigenvalue weighted by Crippen LogP contribution is 2.37. The molecule has 0 amide bonds. The zero-order valence-corrected chi connectivity index (χ0v) is 10.1. The first-order valence-corrected chi connectivity index (χ1v) is 6.40. The van der Waals surface area contributed by atoms with E-state index in [0.717, 1.165) is 5.56 Å². The molecule has 1 aromatic carbocycles. The van der Waals surface area contributed by atoms with E-state index in [-0.39, 0.29) is 0 Å². The molecule has 0 aliphatic carbocycles. The van der Waals surface area contributed by atoms with Crippen LogP contribution in [0.15, 0.2) is 30.3 Å². The molecule has 0 fully saturated rings. The first kappa shape index (κ1) is 12.2. The molecule has 1 atom stereocenters. The second-order valence-corrected chi connectivity index (χ2v) is 6.40. The smallest absolute Gasteiger partial charge is 0.216 e. The predicted molar refractivity (Wildman–Crippen MR) is 61.7 cm³/mol. The molecule has 0 spiro atoms. The normalized spacial score (nSPS) is 14.9. The summed E-state index contributed by atoms with van der Waals surface area (Å²) in [6.45, 7) is 5.61. The van der Waals surface area contributed by atoms with E-state index in [9.17, 15) is 8.42 Å². The minimum absolute atomic E-state index is 0.408. The number of hydrogen-bond acceptors (Lipinski definition) is 2. The lowest BCUT2D eigenvalue weighted by molar-refractivity contribution is 0.383. The summed E-state index contributed by atoms with van der Waals surface area (Å²) in [5.74, 6) is 0. The summed E-state index contributed by atoms with van der Waals surface area (Å²) in [5.41, 5.74) is 0.335. The van der Waals surface area contributed by atoms with Crippen molar-refractivity contribution in [1.82, 2.24) is 0 Å². The van der Waals surface area contributed by atoms with Crippen molar-refractivity contribution in [2.75, 3.05) is 0 Å². The summed E-state index contributed by atoms with van der Waals surface area (Å²) in [4.78, 5) is 0. The number of rotatable bonds is 2. The molecule has 1 unspecified atom stereocenters. The zero-order chi connectivity index (χ0) is 11.7. The Morgan fingerprint density at radius 1 is 1.13 bits per heavy atom. The van der Waals surface area contributed by atoms with E-state index < -0.39 is 20.7 Å². The molecule has 4 heteroatoms. The van der Waals surface area contributed by atoms with Gasteiger partial charge in [0.2, 0.25) is 10.0 Å². The maximum absolute atomic E-state index is 11.6. The summed E-state index contributed by atoms with van der Waals surface area (Å²) >= 11 is 0. The van der Waals surface area contributed by atoms with Crippen LogP contribution in [0, 0.1) is 5.41 Å². The van der Waals surface area contributed by atoms with Gasteiger partial charge in [0.05, 0.1) is 0 Å². The molecule has 0 saturated carbocycles. The molecule has 0 bridgehead atoms. The van der Waals surface area contributed by atoms with Crippen molar-refractivity contribution in [3.8, 4) is 0 Å². The lowest BCUT2D eigenvalue weighted by Gasteiger charge is -2.28. The van der Waals surface area contributed by atoms with Crippen LogP contribution in [0.4, 0.5) is 0 Å². The zero-order valence-electron chi connectivity index (χ0n) is 9.27. The van der Waals surface area contributed by atoms with Crippen LogP contribution in [0.25, 0.3) is 0 Å². The molecule has 0 aliphatic heterocycles. The molecule has 2 N–H and O–H groups in total. The first-order valence-electron chi connectivity index (χ1n) is 4.79. The van der Waals surface area contributed by atoms with Crippen LogP contribution in [0.3, 0.4) is 0 Å². The topological polar surface area (TPSA) is 60.2 Å². The minimum atomic E-state index is -3.58. The largest absolute Gasteiger partial charge is 0.228 e. The van der Waals surface area contributed by atoms with Gasteiger partial charge in [0.15, 0.2) is 0 Å². The van der Waals surface area contributed by atoms with E-state index in [1.807, 2.05) is 39.0 Å². The fraction of sp³-hybridized carbons (Fsp3) is 0.455. The summed E-state index contributed by atoms with van der Waals surface area (Å²) in [7, 11) is -3.58. The van der Waals surface area contributed by atoms with Gasteiger partial charge in [-0.2, -0.15) is 0 Å². The van der Waals surface area contributed by atoms with Gasteiger partial charge in [-0.1, -0.05) is 51.1 Å². The van der Waals surface area contributed by atoms with Crippen LogP contribution < -0.4 is 5.14 Å². The Balaban J connectivity index is 3.27. The second kappa shape index (κ2) is 3.94. The van der Waals surface area contributed by atoms with Crippen LogP contribution in [-0.2, 0) is 10.0 Å². The molecule has 0 heterocycles. The number of benzene rings is 1. The third-order valence-corrected chi connectivity index (χ3v) is 3.85. The molecule has 0 aliphatic rings. The highest BCUT2D eigenvalue weighted by molar-refractivity contribution is 7.89. The molecular weight excluding hydrogens is 210 g/mol. The SMILES string of the molecule is CC(C)(C)C(c1ccccc1)S(N)(=O)=O.